The molecule has 0 fully saturated rings. The van der Waals surface area contributed by atoms with Crippen LogP contribution in [0.1, 0.15) is 55.4 Å². The Balaban J connectivity index is 3.01. The van der Waals surface area contributed by atoms with Crippen molar-refractivity contribution in [2.75, 3.05) is 6.61 Å². The first-order valence-electron chi connectivity index (χ1n) is 9.32. The Labute approximate surface area is 158 Å². The van der Waals surface area contributed by atoms with Gasteiger partial charge in [-0.3, -0.25) is 9.59 Å². The minimum Gasteiger partial charge on any atom is -0.492 e. The predicted molar refractivity (Wildman–Crippen MR) is 102 cm³/mol. The number of hydrogen-bond donors (Lipinski definition) is 0. The van der Waals surface area contributed by atoms with Gasteiger partial charge in [-0.05, 0) is 22.7 Å². The molecule has 0 aliphatic carbocycles. The quantitative estimate of drug-likeness (QED) is 0.464. The highest BCUT2D eigenvalue weighted by Gasteiger charge is 2.47. The maximum atomic E-state index is 11.5. The van der Waals surface area contributed by atoms with Crippen LogP contribution in [0.4, 0.5) is 0 Å². The minimum atomic E-state index is -2.09. The molecule has 26 heavy (non-hydrogen) atoms. The van der Waals surface area contributed by atoms with Crippen molar-refractivity contribution >= 4 is 20.3 Å². The van der Waals surface area contributed by atoms with Crippen LogP contribution in [0, 0.1) is 0 Å². The largest absolute Gasteiger partial charge is 0.492 e. The lowest BCUT2D eigenvalue weighted by Gasteiger charge is -2.44. The fourth-order valence-corrected chi connectivity index (χ4v) is 9.57. The van der Waals surface area contributed by atoms with E-state index in [0.717, 1.165) is 0 Å². The molecule has 150 valence electrons. The lowest BCUT2D eigenvalue weighted by molar-refractivity contribution is -0.175. The van der Waals surface area contributed by atoms with Gasteiger partial charge < -0.3 is 18.6 Å². The van der Waals surface area contributed by atoms with E-state index in [1.54, 1.807) is 6.08 Å². The first-order valence-corrected chi connectivity index (χ1v) is 11.5. The van der Waals surface area contributed by atoms with Crippen molar-refractivity contribution in [3.63, 3.8) is 0 Å². The molecule has 0 aromatic rings. The van der Waals surface area contributed by atoms with Gasteiger partial charge in [-0.1, -0.05) is 41.5 Å². The molecule has 1 aliphatic rings. The van der Waals surface area contributed by atoms with Crippen molar-refractivity contribution < 1.29 is 28.2 Å². The molecule has 0 spiro atoms. The molecule has 0 unspecified atom stereocenters. The van der Waals surface area contributed by atoms with Gasteiger partial charge >= 0.3 is 11.9 Å². The zero-order chi connectivity index (χ0) is 20.1. The normalized spacial score (nSPS) is 23.3. The predicted octanol–water partition coefficient (Wildman–Crippen LogP) is 3.95. The van der Waals surface area contributed by atoms with Crippen LogP contribution in [-0.4, -0.2) is 45.2 Å². The van der Waals surface area contributed by atoms with Crippen LogP contribution in [0.15, 0.2) is 12.3 Å². The van der Waals surface area contributed by atoms with Gasteiger partial charge in [-0.2, -0.15) is 0 Å². The second-order valence-corrected chi connectivity index (χ2v) is 13.2. The SMILES string of the molecule is CC(=O)O[C@H]1[C@H](OC(C)=O)C=CO[C@@H]1CO[Si](C(C)C)(C(C)C)C(C)C. The molecule has 0 aromatic heterocycles. The second kappa shape index (κ2) is 9.55. The van der Waals surface area contributed by atoms with Gasteiger partial charge in [0.05, 0.1) is 12.9 Å². The fourth-order valence-electron chi connectivity index (χ4n) is 4.12. The van der Waals surface area contributed by atoms with Crippen LogP contribution >= 0.6 is 0 Å². The lowest BCUT2D eigenvalue weighted by Crippen LogP contribution is -2.53. The molecular formula is C19H34O6Si. The molecule has 0 saturated carbocycles. The maximum absolute atomic E-state index is 11.5. The minimum absolute atomic E-state index is 0.292. The van der Waals surface area contributed by atoms with Crippen LogP contribution in [0.5, 0.6) is 0 Å². The third kappa shape index (κ3) is 5.33. The van der Waals surface area contributed by atoms with Crippen molar-refractivity contribution in [2.45, 2.75) is 90.3 Å². The van der Waals surface area contributed by atoms with Crippen LogP contribution in [0.3, 0.4) is 0 Å². The smallest absolute Gasteiger partial charge is 0.303 e. The molecule has 0 aromatic carbocycles. The van der Waals surface area contributed by atoms with Crippen molar-refractivity contribution in [3.8, 4) is 0 Å². The number of carbonyl (C=O) groups excluding carboxylic acids is 2. The third-order valence-corrected chi connectivity index (χ3v) is 11.1. The van der Waals surface area contributed by atoms with E-state index >= 15 is 0 Å². The van der Waals surface area contributed by atoms with Crippen LogP contribution in [0.2, 0.25) is 16.6 Å². The average molecular weight is 387 g/mol. The molecule has 1 rings (SSSR count). The van der Waals surface area contributed by atoms with E-state index < -0.39 is 38.6 Å². The van der Waals surface area contributed by atoms with Crippen LogP contribution < -0.4 is 0 Å². The first-order chi connectivity index (χ1) is 12.0. The van der Waals surface area contributed by atoms with Crippen molar-refractivity contribution in [2.24, 2.45) is 0 Å². The molecule has 3 atom stereocenters. The van der Waals surface area contributed by atoms with E-state index in [-0.39, 0.29) is 0 Å². The second-order valence-electron chi connectivity index (χ2n) is 7.78. The summed E-state index contributed by atoms with van der Waals surface area (Å²) in [5.41, 5.74) is 1.29. The van der Waals surface area contributed by atoms with Crippen molar-refractivity contribution in [1.29, 1.82) is 0 Å². The molecule has 0 radical (unpaired) electrons. The van der Waals surface area contributed by atoms with Gasteiger partial charge in [0, 0.05) is 13.8 Å². The number of carbonyl (C=O) groups is 2. The summed E-state index contributed by atoms with van der Waals surface area (Å²) in [5.74, 6) is -0.884. The van der Waals surface area contributed by atoms with E-state index in [4.69, 9.17) is 18.6 Å². The van der Waals surface area contributed by atoms with E-state index in [9.17, 15) is 9.59 Å². The zero-order valence-electron chi connectivity index (χ0n) is 17.3. The number of ether oxygens (including phenoxy) is 3. The van der Waals surface area contributed by atoms with E-state index in [0.29, 0.717) is 23.2 Å². The Morgan fingerprint density at radius 2 is 1.46 bits per heavy atom. The standard InChI is InChI=1S/C19H34O6Si/c1-12(2)26(13(3)4,14(5)6)23-11-18-19(25-16(8)21)17(9-10-22-18)24-15(7)20/h9-10,12-14,17-19H,11H2,1-8H3/t17-,18-,19+/m1/s1. The molecule has 6 nitrogen and oxygen atoms in total. The Morgan fingerprint density at radius 1 is 0.962 bits per heavy atom. The monoisotopic (exact) mass is 386 g/mol. The van der Waals surface area contributed by atoms with Crippen molar-refractivity contribution in [3.05, 3.63) is 12.3 Å². The average Bonchev–Trinajstić information content (AvgIpc) is 2.48. The zero-order valence-corrected chi connectivity index (χ0v) is 18.3. The van der Waals surface area contributed by atoms with Gasteiger partial charge in [0.1, 0.15) is 0 Å². The Hall–Kier alpha value is -1.34. The lowest BCUT2D eigenvalue weighted by atomic mass is 10.1. The molecular weight excluding hydrogens is 352 g/mol. The summed E-state index contributed by atoms with van der Waals surface area (Å²) >= 11 is 0. The summed E-state index contributed by atoms with van der Waals surface area (Å²) < 4.78 is 22.9. The van der Waals surface area contributed by atoms with Gasteiger partial charge in [0.2, 0.25) is 8.32 Å². The molecule has 1 aliphatic heterocycles. The van der Waals surface area contributed by atoms with E-state index in [1.165, 1.54) is 20.1 Å². The summed E-state index contributed by atoms with van der Waals surface area (Å²) in [7, 11) is -2.09. The van der Waals surface area contributed by atoms with Gasteiger partial charge in [0.25, 0.3) is 0 Å². The topological polar surface area (TPSA) is 71.1 Å². The molecule has 0 amide bonds. The van der Waals surface area contributed by atoms with Crippen molar-refractivity contribution in [1.82, 2.24) is 0 Å². The fraction of sp³-hybridized carbons (Fsp3) is 0.789. The molecule has 0 bridgehead atoms. The Morgan fingerprint density at radius 3 is 1.88 bits per heavy atom. The number of hydrogen-bond acceptors (Lipinski definition) is 6. The maximum Gasteiger partial charge on any atom is 0.303 e. The summed E-state index contributed by atoms with van der Waals surface area (Å²) in [6.45, 7) is 16.2. The van der Waals surface area contributed by atoms with E-state index in [1.807, 2.05) is 0 Å². The van der Waals surface area contributed by atoms with E-state index in [2.05, 4.69) is 41.5 Å². The molecule has 7 heteroatoms. The molecule has 1 heterocycles. The number of rotatable bonds is 8. The number of esters is 2. The molecule has 0 saturated heterocycles. The summed E-state index contributed by atoms with van der Waals surface area (Å²) in [6.07, 6.45) is 1.16. The molecule has 0 N–H and O–H groups in total. The van der Waals surface area contributed by atoms with Crippen LogP contribution in [0.25, 0.3) is 0 Å². The van der Waals surface area contributed by atoms with Gasteiger partial charge in [0.15, 0.2) is 18.3 Å². The summed E-state index contributed by atoms with van der Waals surface area (Å²) in [4.78, 5) is 22.9. The van der Waals surface area contributed by atoms with Gasteiger partial charge in [-0.25, -0.2) is 0 Å². The Kier molecular flexibility index (Phi) is 8.34. The third-order valence-electron chi connectivity index (χ3n) is 5.02. The summed E-state index contributed by atoms with van der Waals surface area (Å²) in [5, 5.41) is 0. The van der Waals surface area contributed by atoms with Crippen LogP contribution in [-0.2, 0) is 28.2 Å². The first kappa shape index (κ1) is 22.7. The summed E-state index contributed by atoms with van der Waals surface area (Å²) in [6, 6.07) is 0. The highest BCUT2D eigenvalue weighted by Crippen LogP contribution is 2.42. The van der Waals surface area contributed by atoms with Gasteiger partial charge in [-0.15, -0.1) is 0 Å². The highest BCUT2D eigenvalue weighted by atomic mass is 28.4. The highest BCUT2D eigenvalue weighted by molar-refractivity contribution is 6.77. The Bertz CT molecular complexity index is 492.